The first-order valence-corrected chi connectivity index (χ1v) is 6.81. The predicted molar refractivity (Wildman–Crippen MR) is 75.4 cm³/mol. The largest absolute Gasteiger partial charge is 0.491 e. The van der Waals surface area contributed by atoms with Gasteiger partial charge in [0.25, 0.3) is 0 Å². The van der Waals surface area contributed by atoms with E-state index in [1.807, 2.05) is 24.3 Å². The third-order valence-electron chi connectivity index (χ3n) is 2.57. The van der Waals surface area contributed by atoms with Crippen molar-refractivity contribution in [2.75, 3.05) is 18.5 Å². The van der Waals surface area contributed by atoms with Crippen LogP contribution in [0.1, 0.15) is 17.8 Å². The topological polar surface area (TPSA) is 41.5 Å². The van der Waals surface area contributed by atoms with E-state index in [2.05, 4.69) is 29.8 Å². The molecule has 0 aliphatic carbocycles. The zero-order valence-corrected chi connectivity index (χ0v) is 11.1. The van der Waals surface area contributed by atoms with Gasteiger partial charge in [-0.15, -0.1) is 11.3 Å². The van der Waals surface area contributed by atoms with Crippen LogP contribution in [0.4, 0.5) is 5.69 Å². The quantitative estimate of drug-likeness (QED) is 0.840. The van der Waals surface area contributed by atoms with E-state index in [4.69, 9.17) is 9.84 Å². The normalized spacial score (nSPS) is 12.1. The third-order valence-corrected chi connectivity index (χ3v) is 3.62. The van der Waals surface area contributed by atoms with Crippen molar-refractivity contribution < 1.29 is 9.84 Å². The van der Waals surface area contributed by atoms with Crippen LogP contribution in [0.5, 0.6) is 5.75 Å². The number of hydrogen-bond donors (Lipinski definition) is 2. The zero-order chi connectivity index (χ0) is 12.8. The maximum atomic E-state index is 8.67. The summed E-state index contributed by atoms with van der Waals surface area (Å²) in [4.78, 5) is 1.32. The van der Waals surface area contributed by atoms with E-state index >= 15 is 0 Å². The number of nitrogens with one attached hydrogen (secondary N) is 1. The number of anilines is 1. The smallest absolute Gasteiger partial charge is 0.119 e. The van der Waals surface area contributed by atoms with Crippen LogP contribution in [0.25, 0.3) is 0 Å². The van der Waals surface area contributed by atoms with Crippen LogP contribution in [0.15, 0.2) is 41.8 Å². The molecule has 0 bridgehead atoms. The van der Waals surface area contributed by atoms with Gasteiger partial charge in [0, 0.05) is 10.6 Å². The summed E-state index contributed by atoms with van der Waals surface area (Å²) in [5.41, 5.74) is 1.06. The maximum absolute atomic E-state index is 8.67. The van der Waals surface area contributed by atoms with Crippen molar-refractivity contribution in [3.63, 3.8) is 0 Å². The van der Waals surface area contributed by atoms with Gasteiger partial charge in [-0.3, -0.25) is 0 Å². The van der Waals surface area contributed by atoms with Crippen molar-refractivity contribution in [3.8, 4) is 5.75 Å². The molecule has 0 saturated carbocycles. The number of hydrogen-bond acceptors (Lipinski definition) is 4. The van der Waals surface area contributed by atoms with Crippen molar-refractivity contribution in [2.45, 2.75) is 13.0 Å². The molecule has 0 radical (unpaired) electrons. The summed E-state index contributed by atoms with van der Waals surface area (Å²) in [6.07, 6.45) is 0. The second kappa shape index (κ2) is 6.42. The summed E-state index contributed by atoms with van der Waals surface area (Å²) in [6, 6.07) is 12.3. The number of thiophene rings is 1. The number of rotatable bonds is 6. The lowest BCUT2D eigenvalue weighted by Gasteiger charge is -2.14. The van der Waals surface area contributed by atoms with Crippen LogP contribution < -0.4 is 10.1 Å². The molecule has 1 atom stereocenters. The molecular formula is C14H17NO2S. The van der Waals surface area contributed by atoms with Crippen molar-refractivity contribution in [1.29, 1.82) is 0 Å². The van der Waals surface area contributed by atoms with E-state index in [-0.39, 0.29) is 6.61 Å². The summed E-state index contributed by atoms with van der Waals surface area (Å²) < 4.78 is 5.31. The molecule has 3 nitrogen and oxygen atoms in total. The van der Waals surface area contributed by atoms with Crippen LogP contribution in [-0.2, 0) is 0 Å². The van der Waals surface area contributed by atoms with E-state index in [1.165, 1.54) is 4.88 Å². The molecule has 0 spiro atoms. The Labute approximate surface area is 111 Å². The first kappa shape index (κ1) is 12.9. The highest BCUT2D eigenvalue weighted by Crippen LogP contribution is 2.24. The zero-order valence-electron chi connectivity index (χ0n) is 10.3. The number of aliphatic hydroxyl groups excluding tert-OH is 1. The maximum Gasteiger partial charge on any atom is 0.119 e. The average Bonchev–Trinajstić information content (AvgIpc) is 2.92. The van der Waals surface area contributed by atoms with E-state index in [0.717, 1.165) is 11.4 Å². The molecule has 18 heavy (non-hydrogen) atoms. The fraction of sp³-hybridized carbons (Fsp3) is 0.286. The van der Waals surface area contributed by atoms with Crippen LogP contribution in [-0.4, -0.2) is 18.3 Å². The van der Waals surface area contributed by atoms with E-state index in [9.17, 15) is 0 Å². The predicted octanol–water partition coefficient (Wildman–Crippen LogP) is 3.29. The van der Waals surface area contributed by atoms with Gasteiger partial charge in [-0.2, -0.15) is 0 Å². The van der Waals surface area contributed by atoms with Crippen LogP contribution >= 0.6 is 11.3 Å². The fourth-order valence-electron chi connectivity index (χ4n) is 1.67. The van der Waals surface area contributed by atoms with E-state index in [0.29, 0.717) is 12.6 Å². The highest BCUT2D eigenvalue weighted by atomic mass is 32.1. The van der Waals surface area contributed by atoms with Gasteiger partial charge in [0.2, 0.25) is 0 Å². The van der Waals surface area contributed by atoms with Crippen LogP contribution in [0.3, 0.4) is 0 Å². The number of aliphatic hydroxyl groups is 1. The minimum Gasteiger partial charge on any atom is -0.491 e. The molecular weight excluding hydrogens is 246 g/mol. The molecule has 0 fully saturated rings. The van der Waals surface area contributed by atoms with Gasteiger partial charge in [-0.1, -0.05) is 6.07 Å². The summed E-state index contributed by atoms with van der Waals surface area (Å²) >= 11 is 1.75. The first-order chi connectivity index (χ1) is 8.79. The Morgan fingerprint density at radius 1 is 1.28 bits per heavy atom. The molecule has 1 aromatic carbocycles. The molecule has 2 N–H and O–H groups in total. The fourth-order valence-corrected chi connectivity index (χ4v) is 2.40. The Balaban J connectivity index is 1.93. The highest BCUT2D eigenvalue weighted by molar-refractivity contribution is 7.10. The van der Waals surface area contributed by atoms with Gasteiger partial charge < -0.3 is 15.2 Å². The molecule has 2 rings (SSSR count). The second-order valence-electron chi connectivity index (χ2n) is 3.98. The first-order valence-electron chi connectivity index (χ1n) is 5.93. The molecule has 2 aromatic rings. The van der Waals surface area contributed by atoms with Crippen molar-refractivity contribution in [1.82, 2.24) is 0 Å². The summed E-state index contributed by atoms with van der Waals surface area (Å²) in [5, 5.41) is 14.2. The molecule has 1 heterocycles. The van der Waals surface area contributed by atoms with Gasteiger partial charge in [0.05, 0.1) is 12.6 Å². The second-order valence-corrected chi connectivity index (χ2v) is 4.96. The lowest BCUT2D eigenvalue weighted by molar-refractivity contribution is 0.201. The standard InChI is InChI=1S/C14H17NO2S/c1-11(14-3-2-10-18-14)15-12-4-6-13(7-5-12)17-9-8-16/h2-7,10-11,15-16H,8-9H2,1H3. The monoisotopic (exact) mass is 263 g/mol. The summed E-state index contributed by atoms with van der Waals surface area (Å²) in [6.45, 7) is 2.51. The lowest BCUT2D eigenvalue weighted by Crippen LogP contribution is -2.05. The average molecular weight is 263 g/mol. The molecule has 1 aromatic heterocycles. The Bertz CT molecular complexity index is 453. The van der Waals surface area contributed by atoms with Gasteiger partial charge >= 0.3 is 0 Å². The number of benzene rings is 1. The van der Waals surface area contributed by atoms with Crippen LogP contribution in [0, 0.1) is 0 Å². The Kier molecular flexibility index (Phi) is 4.61. The minimum atomic E-state index is 0.0371. The number of ether oxygens (including phenoxy) is 1. The van der Waals surface area contributed by atoms with Crippen molar-refractivity contribution >= 4 is 17.0 Å². The Morgan fingerprint density at radius 2 is 2.06 bits per heavy atom. The van der Waals surface area contributed by atoms with Crippen LogP contribution in [0.2, 0.25) is 0 Å². The van der Waals surface area contributed by atoms with Gasteiger partial charge in [-0.25, -0.2) is 0 Å². The van der Waals surface area contributed by atoms with E-state index in [1.54, 1.807) is 11.3 Å². The highest BCUT2D eigenvalue weighted by Gasteiger charge is 2.05. The summed E-state index contributed by atoms with van der Waals surface area (Å²) in [5.74, 6) is 0.776. The minimum absolute atomic E-state index is 0.0371. The molecule has 0 amide bonds. The van der Waals surface area contributed by atoms with Crippen molar-refractivity contribution in [2.24, 2.45) is 0 Å². The van der Waals surface area contributed by atoms with Crippen molar-refractivity contribution in [3.05, 3.63) is 46.7 Å². The molecule has 4 heteroatoms. The lowest BCUT2D eigenvalue weighted by atomic mass is 10.2. The van der Waals surface area contributed by atoms with Gasteiger partial charge in [-0.05, 0) is 42.6 Å². The SMILES string of the molecule is CC(Nc1ccc(OCCO)cc1)c1cccs1. The molecule has 0 saturated heterocycles. The Hall–Kier alpha value is -1.52. The molecule has 96 valence electrons. The van der Waals surface area contributed by atoms with E-state index < -0.39 is 0 Å². The third kappa shape index (κ3) is 3.48. The molecule has 0 aliphatic rings. The van der Waals surface area contributed by atoms with Gasteiger partial charge in [0.15, 0.2) is 0 Å². The van der Waals surface area contributed by atoms with Gasteiger partial charge in [0.1, 0.15) is 12.4 Å². The Morgan fingerprint density at radius 3 is 2.67 bits per heavy atom. The molecule has 0 aliphatic heterocycles. The molecule has 1 unspecified atom stereocenters. The summed E-state index contributed by atoms with van der Waals surface area (Å²) in [7, 11) is 0.